The van der Waals surface area contributed by atoms with Gasteiger partial charge in [0.15, 0.2) is 0 Å². The summed E-state index contributed by atoms with van der Waals surface area (Å²) in [6, 6.07) is 32.6. The Labute approximate surface area is 309 Å². The third kappa shape index (κ3) is 7.54. The van der Waals surface area contributed by atoms with Crippen molar-refractivity contribution >= 4 is 69.1 Å². The van der Waals surface area contributed by atoms with Crippen LogP contribution in [0, 0.1) is 6.92 Å². The molecule has 0 saturated heterocycles. The van der Waals surface area contributed by atoms with Crippen molar-refractivity contribution in [2.75, 3.05) is 22.1 Å². The number of benzene rings is 4. The molecule has 0 spiro atoms. The van der Waals surface area contributed by atoms with E-state index in [1.165, 1.54) is 23.1 Å². The van der Waals surface area contributed by atoms with E-state index < -0.39 is 11.2 Å². The standard InChI is InChI=1S/C41H35N3O4S3/c1-3-48-40(46)36-31(27-22-20-26(2)21-23-27)25-49-39(36)43-38(45)37(28-12-5-4-6-13-28)50-30-15-11-14-29(24-30)42-41(47)44-32-16-7-9-18-34(32)51-35-19-10-8-17-33(35)44/h4-25,32,34,37H,3H2,1-2H3,(H,42,47)(H,43,45). The van der Waals surface area contributed by atoms with Gasteiger partial charge in [0, 0.05) is 26.4 Å². The zero-order valence-electron chi connectivity index (χ0n) is 27.9. The number of aryl methyl sites for hydroxylation is 1. The van der Waals surface area contributed by atoms with Crippen molar-refractivity contribution < 1.29 is 19.1 Å². The maximum atomic E-state index is 14.2. The summed E-state index contributed by atoms with van der Waals surface area (Å²) in [5, 5.41) is 7.94. The number of hydrogen-bond donors (Lipinski definition) is 2. The van der Waals surface area contributed by atoms with E-state index in [0.29, 0.717) is 21.8 Å². The summed E-state index contributed by atoms with van der Waals surface area (Å²) in [6.07, 6.45) is 8.20. The number of anilines is 3. The van der Waals surface area contributed by atoms with Gasteiger partial charge in [-0.25, -0.2) is 9.59 Å². The molecule has 1 aliphatic heterocycles. The van der Waals surface area contributed by atoms with Crippen molar-refractivity contribution in [2.24, 2.45) is 0 Å². The predicted octanol–water partition coefficient (Wildman–Crippen LogP) is 10.4. The van der Waals surface area contributed by atoms with Crippen LogP contribution in [0.2, 0.25) is 0 Å². The number of fused-ring (bicyclic) bond motifs is 2. The lowest BCUT2D eigenvalue weighted by atomic mass is 10.0. The largest absolute Gasteiger partial charge is 0.462 e. The number of esters is 1. The van der Waals surface area contributed by atoms with E-state index in [0.717, 1.165) is 32.2 Å². The maximum absolute atomic E-state index is 14.2. The van der Waals surface area contributed by atoms with E-state index in [2.05, 4.69) is 22.8 Å². The third-order valence-corrected chi connectivity index (χ3v) is 12.0. The molecule has 51 heavy (non-hydrogen) atoms. The molecule has 7 rings (SSSR count). The van der Waals surface area contributed by atoms with Gasteiger partial charge in [0.25, 0.3) is 0 Å². The van der Waals surface area contributed by atoms with Crippen LogP contribution in [0.5, 0.6) is 0 Å². The summed E-state index contributed by atoms with van der Waals surface area (Å²) in [4.78, 5) is 45.1. The molecule has 2 heterocycles. The minimum Gasteiger partial charge on any atom is -0.462 e. The van der Waals surface area contributed by atoms with Gasteiger partial charge in [-0.15, -0.1) is 34.9 Å². The number of nitrogens with zero attached hydrogens (tertiary/aromatic N) is 1. The van der Waals surface area contributed by atoms with Crippen molar-refractivity contribution in [1.29, 1.82) is 0 Å². The quantitative estimate of drug-likeness (QED) is 0.116. The topological polar surface area (TPSA) is 87.7 Å². The Morgan fingerprint density at radius 2 is 1.65 bits per heavy atom. The second kappa shape index (κ2) is 15.5. The molecule has 256 valence electrons. The Morgan fingerprint density at radius 1 is 0.882 bits per heavy atom. The van der Waals surface area contributed by atoms with Crippen molar-refractivity contribution in [2.45, 2.75) is 40.2 Å². The molecule has 1 aliphatic carbocycles. The van der Waals surface area contributed by atoms with Crippen LogP contribution >= 0.6 is 34.9 Å². The average molecular weight is 730 g/mol. The fourth-order valence-corrected chi connectivity index (χ4v) is 9.37. The first-order valence-corrected chi connectivity index (χ1v) is 19.2. The minimum absolute atomic E-state index is 0.114. The first-order chi connectivity index (χ1) is 24.9. The molecule has 0 radical (unpaired) electrons. The van der Waals surface area contributed by atoms with E-state index in [-0.39, 0.29) is 29.8 Å². The second-order valence-electron chi connectivity index (χ2n) is 12.0. The van der Waals surface area contributed by atoms with E-state index >= 15 is 0 Å². The lowest BCUT2D eigenvalue weighted by molar-refractivity contribution is -0.115. The number of amides is 3. The lowest BCUT2D eigenvalue weighted by Crippen LogP contribution is -2.49. The van der Waals surface area contributed by atoms with Gasteiger partial charge in [-0.3, -0.25) is 9.69 Å². The molecule has 2 N–H and O–H groups in total. The van der Waals surface area contributed by atoms with Gasteiger partial charge in [-0.1, -0.05) is 103 Å². The average Bonchev–Trinajstić information content (AvgIpc) is 3.57. The molecule has 7 nitrogen and oxygen atoms in total. The smallest absolute Gasteiger partial charge is 0.341 e. The van der Waals surface area contributed by atoms with Crippen LogP contribution in [0.4, 0.5) is 21.2 Å². The van der Waals surface area contributed by atoms with Gasteiger partial charge in [0.05, 0.1) is 23.6 Å². The highest BCUT2D eigenvalue weighted by atomic mass is 32.2. The number of carbonyl (C=O) groups excluding carboxylic acids is 3. The van der Waals surface area contributed by atoms with Crippen LogP contribution in [0.15, 0.2) is 143 Å². The highest BCUT2D eigenvalue weighted by Crippen LogP contribution is 2.44. The van der Waals surface area contributed by atoms with Crippen LogP contribution in [0.1, 0.15) is 33.7 Å². The number of thiophene rings is 1. The monoisotopic (exact) mass is 729 g/mol. The number of urea groups is 1. The first kappa shape index (κ1) is 34.4. The molecule has 0 fully saturated rings. The minimum atomic E-state index is -0.664. The zero-order chi connectivity index (χ0) is 35.3. The molecule has 1 aromatic heterocycles. The number of hydrogen-bond acceptors (Lipinski definition) is 7. The number of thioether (sulfide) groups is 2. The van der Waals surface area contributed by atoms with Crippen LogP contribution in [0.25, 0.3) is 11.1 Å². The van der Waals surface area contributed by atoms with Crippen molar-refractivity contribution in [3.8, 4) is 11.1 Å². The maximum Gasteiger partial charge on any atom is 0.341 e. The van der Waals surface area contributed by atoms with E-state index in [1.54, 1.807) is 18.7 Å². The van der Waals surface area contributed by atoms with E-state index in [1.807, 2.05) is 132 Å². The van der Waals surface area contributed by atoms with Crippen molar-refractivity contribution in [1.82, 2.24) is 0 Å². The van der Waals surface area contributed by atoms with Gasteiger partial charge < -0.3 is 15.4 Å². The number of ether oxygens (including phenoxy) is 1. The molecule has 10 heteroatoms. The number of nitrogens with one attached hydrogen (secondary N) is 2. The van der Waals surface area contributed by atoms with Gasteiger partial charge in [0.1, 0.15) is 15.8 Å². The Balaban J connectivity index is 1.14. The zero-order valence-corrected chi connectivity index (χ0v) is 30.4. The number of para-hydroxylation sites is 1. The van der Waals surface area contributed by atoms with Crippen LogP contribution in [-0.4, -0.2) is 35.8 Å². The normalized spacial score (nSPS) is 16.5. The fraction of sp³-hybridized carbons (Fsp3) is 0.146. The number of rotatable bonds is 9. The summed E-state index contributed by atoms with van der Waals surface area (Å²) >= 11 is 4.43. The van der Waals surface area contributed by atoms with Crippen LogP contribution < -0.4 is 15.5 Å². The Bertz CT molecular complexity index is 2130. The Kier molecular flexibility index (Phi) is 10.4. The number of allylic oxidation sites excluding steroid dienone is 2. The molecule has 0 saturated carbocycles. The number of carbonyl (C=O) groups is 3. The summed E-state index contributed by atoms with van der Waals surface area (Å²) in [6.45, 7) is 3.98. The van der Waals surface area contributed by atoms with Gasteiger partial charge >= 0.3 is 12.0 Å². The summed E-state index contributed by atoms with van der Waals surface area (Å²) in [7, 11) is 0. The van der Waals surface area contributed by atoms with E-state index in [4.69, 9.17) is 4.74 Å². The van der Waals surface area contributed by atoms with Gasteiger partial charge in [0.2, 0.25) is 5.91 Å². The summed E-state index contributed by atoms with van der Waals surface area (Å²) in [5.74, 6) is -0.771. The molecule has 0 bridgehead atoms. The molecule has 3 amide bonds. The molecular weight excluding hydrogens is 695 g/mol. The summed E-state index contributed by atoms with van der Waals surface area (Å²) in [5.41, 5.74) is 5.31. The molecular formula is C41H35N3O4S3. The third-order valence-electron chi connectivity index (χ3n) is 8.51. The molecule has 3 unspecified atom stereocenters. The SMILES string of the molecule is CCOC(=O)c1c(-c2ccc(C)cc2)csc1NC(=O)C(Sc1cccc(NC(=O)N2c3ccccc3SC3C=CC=CC32)c1)c1ccccc1. The van der Waals surface area contributed by atoms with Gasteiger partial charge in [-0.05, 0) is 55.3 Å². The highest BCUT2D eigenvalue weighted by molar-refractivity contribution is 8.00. The van der Waals surface area contributed by atoms with Crippen molar-refractivity contribution in [3.63, 3.8) is 0 Å². The fourth-order valence-electron chi connectivity index (χ4n) is 6.07. The second-order valence-corrected chi connectivity index (χ2v) is 15.3. The Hall–Kier alpha value is -5.03. The highest BCUT2D eigenvalue weighted by Gasteiger charge is 2.37. The van der Waals surface area contributed by atoms with Gasteiger partial charge in [-0.2, -0.15) is 0 Å². The molecule has 5 aromatic rings. The van der Waals surface area contributed by atoms with E-state index in [9.17, 15) is 14.4 Å². The van der Waals surface area contributed by atoms with Crippen molar-refractivity contribution in [3.05, 3.63) is 150 Å². The van der Waals surface area contributed by atoms with Crippen LogP contribution in [0.3, 0.4) is 0 Å². The molecule has 4 aromatic carbocycles. The lowest BCUT2D eigenvalue weighted by Gasteiger charge is -2.40. The molecule has 3 atom stereocenters. The Morgan fingerprint density at radius 3 is 2.45 bits per heavy atom. The molecule has 2 aliphatic rings. The summed E-state index contributed by atoms with van der Waals surface area (Å²) < 4.78 is 5.44. The first-order valence-electron chi connectivity index (χ1n) is 16.6. The van der Waals surface area contributed by atoms with Crippen LogP contribution in [-0.2, 0) is 9.53 Å². The predicted molar refractivity (Wildman–Crippen MR) is 210 cm³/mol.